The zero-order chi connectivity index (χ0) is 22.7. The third kappa shape index (κ3) is 5.00. The number of nitrogens with zero attached hydrogens (tertiary/aromatic N) is 2. The SMILES string of the molecule is Cc1cc(C)c2nc(Cl)c(C(C)N(CCO)C(=O)Nc3ccccc3C(C)C)cc2c1. The van der Waals surface area contributed by atoms with Crippen LogP contribution in [0.4, 0.5) is 10.5 Å². The largest absolute Gasteiger partial charge is 0.395 e. The van der Waals surface area contributed by atoms with Crippen LogP contribution in [0.5, 0.6) is 0 Å². The molecule has 5 nitrogen and oxygen atoms in total. The molecule has 0 saturated carbocycles. The molecule has 1 unspecified atom stereocenters. The van der Waals surface area contributed by atoms with E-state index >= 15 is 0 Å². The number of fused-ring (bicyclic) bond motifs is 1. The zero-order valence-corrected chi connectivity index (χ0v) is 19.5. The van der Waals surface area contributed by atoms with Gasteiger partial charge in [-0.3, -0.25) is 0 Å². The lowest BCUT2D eigenvalue weighted by molar-refractivity contribution is 0.167. The fraction of sp³-hybridized carbons (Fsp3) is 0.360. The molecule has 2 amide bonds. The lowest BCUT2D eigenvalue weighted by Gasteiger charge is -2.30. The molecule has 1 atom stereocenters. The highest BCUT2D eigenvalue weighted by Crippen LogP contribution is 2.32. The van der Waals surface area contributed by atoms with E-state index in [-0.39, 0.29) is 31.1 Å². The van der Waals surface area contributed by atoms with E-state index in [2.05, 4.69) is 36.3 Å². The number of aromatic nitrogens is 1. The molecular formula is C25H30ClN3O2. The van der Waals surface area contributed by atoms with Gasteiger partial charge in [0.1, 0.15) is 5.15 Å². The molecule has 1 heterocycles. The van der Waals surface area contributed by atoms with Crippen LogP contribution < -0.4 is 5.32 Å². The predicted molar refractivity (Wildman–Crippen MR) is 128 cm³/mol. The average Bonchev–Trinajstić information content (AvgIpc) is 2.71. The van der Waals surface area contributed by atoms with Crippen LogP contribution in [0.25, 0.3) is 10.9 Å². The summed E-state index contributed by atoms with van der Waals surface area (Å²) in [7, 11) is 0. The molecule has 0 radical (unpaired) electrons. The highest BCUT2D eigenvalue weighted by atomic mass is 35.5. The number of nitrogens with one attached hydrogen (secondary N) is 1. The molecule has 1 aromatic heterocycles. The number of halogens is 1. The Hall–Kier alpha value is -2.63. The van der Waals surface area contributed by atoms with Crippen LogP contribution in [-0.4, -0.2) is 34.2 Å². The minimum absolute atomic E-state index is 0.152. The van der Waals surface area contributed by atoms with Gasteiger partial charge < -0.3 is 15.3 Å². The second kappa shape index (κ2) is 9.67. The van der Waals surface area contributed by atoms with Crippen LogP contribution in [0.15, 0.2) is 42.5 Å². The summed E-state index contributed by atoms with van der Waals surface area (Å²) in [5.41, 5.74) is 5.64. The number of rotatable bonds is 6. The predicted octanol–water partition coefficient (Wildman–Crippen LogP) is 6.22. The third-order valence-corrected chi connectivity index (χ3v) is 5.88. The summed E-state index contributed by atoms with van der Waals surface area (Å²) in [6, 6.07) is 13.2. The number of carbonyl (C=O) groups is 1. The van der Waals surface area contributed by atoms with Crippen LogP contribution >= 0.6 is 11.6 Å². The van der Waals surface area contributed by atoms with Gasteiger partial charge in [-0.25, -0.2) is 9.78 Å². The number of para-hydroxylation sites is 1. The van der Waals surface area contributed by atoms with E-state index < -0.39 is 0 Å². The number of aliphatic hydroxyl groups is 1. The Balaban J connectivity index is 1.96. The normalized spacial score (nSPS) is 12.3. The van der Waals surface area contributed by atoms with Gasteiger partial charge in [-0.05, 0) is 56.0 Å². The van der Waals surface area contributed by atoms with Gasteiger partial charge in [-0.1, -0.05) is 55.3 Å². The maximum absolute atomic E-state index is 13.2. The quantitative estimate of drug-likeness (QED) is 0.448. The van der Waals surface area contributed by atoms with E-state index in [1.54, 1.807) is 4.90 Å². The molecule has 0 aliphatic heterocycles. The zero-order valence-electron chi connectivity index (χ0n) is 18.7. The topological polar surface area (TPSA) is 65.5 Å². The first kappa shape index (κ1) is 23.0. The summed E-state index contributed by atoms with van der Waals surface area (Å²) in [5, 5.41) is 14.0. The van der Waals surface area contributed by atoms with E-state index in [0.717, 1.165) is 38.8 Å². The van der Waals surface area contributed by atoms with Gasteiger partial charge in [0.2, 0.25) is 0 Å². The second-order valence-corrected chi connectivity index (χ2v) is 8.65. The third-order valence-electron chi connectivity index (χ3n) is 5.58. The minimum atomic E-state index is -0.372. The molecule has 2 N–H and O–H groups in total. The van der Waals surface area contributed by atoms with E-state index in [1.165, 1.54) is 0 Å². The Labute approximate surface area is 189 Å². The Kier molecular flexibility index (Phi) is 7.19. The highest BCUT2D eigenvalue weighted by molar-refractivity contribution is 6.30. The molecule has 6 heteroatoms. The number of urea groups is 1. The van der Waals surface area contributed by atoms with Crippen molar-refractivity contribution < 1.29 is 9.90 Å². The Morgan fingerprint density at radius 3 is 2.52 bits per heavy atom. The van der Waals surface area contributed by atoms with Gasteiger partial charge in [0.15, 0.2) is 0 Å². The van der Waals surface area contributed by atoms with E-state index in [9.17, 15) is 9.90 Å². The lowest BCUT2D eigenvalue weighted by atomic mass is 10.0. The number of benzene rings is 2. The first-order chi connectivity index (χ1) is 14.7. The summed E-state index contributed by atoms with van der Waals surface area (Å²) in [5.74, 6) is 0.269. The summed E-state index contributed by atoms with van der Waals surface area (Å²) in [4.78, 5) is 19.4. The van der Waals surface area contributed by atoms with Gasteiger partial charge in [0.05, 0.1) is 18.2 Å². The van der Waals surface area contributed by atoms with Crippen molar-refractivity contribution in [3.8, 4) is 0 Å². The molecule has 2 aromatic carbocycles. The standard InChI is InChI=1S/C25H30ClN3O2/c1-15(2)20-8-6-7-9-22(20)27-25(31)29(10-11-30)18(5)21-14-19-13-16(3)12-17(4)23(19)28-24(21)26/h6-9,12-15,18,30H,10-11H2,1-5H3,(H,27,31). The fourth-order valence-electron chi connectivity index (χ4n) is 3.99. The summed E-state index contributed by atoms with van der Waals surface area (Å²) in [6.45, 7) is 10.2. The lowest BCUT2D eigenvalue weighted by Crippen LogP contribution is -2.39. The molecule has 0 saturated heterocycles. The molecule has 164 valence electrons. The van der Waals surface area contributed by atoms with Crippen molar-refractivity contribution in [1.29, 1.82) is 0 Å². The summed E-state index contributed by atoms with van der Waals surface area (Å²) < 4.78 is 0. The van der Waals surface area contributed by atoms with Crippen LogP contribution in [0.2, 0.25) is 5.15 Å². The van der Waals surface area contributed by atoms with E-state index in [0.29, 0.717) is 5.15 Å². The second-order valence-electron chi connectivity index (χ2n) is 8.29. The van der Waals surface area contributed by atoms with E-state index in [4.69, 9.17) is 11.6 Å². The number of aryl methyl sites for hydroxylation is 2. The fourth-order valence-corrected chi connectivity index (χ4v) is 4.28. The first-order valence-electron chi connectivity index (χ1n) is 10.6. The molecule has 0 fully saturated rings. The Morgan fingerprint density at radius 2 is 1.84 bits per heavy atom. The maximum Gasteiger partial charge on any atom is 0.322 e. The molecule has 31 heavy (non-hydrogen) atoms. The van der Waals surface area contributed by atoms with Crippen LogP contribution in [0.3, 0.4) is 0 Å². The molecule has 0 spiro atoms. The number of anilines is 1. The Bertz CT molecular complexity index is 1100. The van der Waals surface area contributed by atoms with Crippen molar-refractivity contribution in [1.82, 2.24) is 9.88 Å². The van der Waals surface area contributed by atoms with Crippen molar-refractivity contribution in [3.63, 3.8) is 0 Å². The van der Waals surface area contributed by atoms with Gasteiger partial charge in [0.25, 0.3) is 0 Å². The van der Waals surface area contributed by atoms with Crippen LogP contribution in [0.1, 0.15) is 55.0 Å². The smallest absolute Gasteiger partial charge is 0.322 e. The highest BCUT2D eigenvalue weighted by Gasteiger charge is 2.25. The number of carbonyl (C=O) groups excluding carboxylic acids is 1. The Morgan fingerprint density at radius 1 is 1.13 bits per heavy atom. The molecule has 3 rings (SSSR count). The number of hydrogen-bond donors (Lipinski definition) is 2. The number of aliphatic hydroxyl groups excluding tert-OH is 1. The van der Waals surface area contributed by atoms with Crippen molar-refractivity contribution in [3.05, 3.63) is 69.9 Å². The van der Waals surface area contributed by atoms with Crippen LogP contribution in [0, 0.1) is 13.8 Å². The minimum Gasteiger partial charge on any atom is -0.395 e. The molecule has 0 bridgehead atoms. The number of hydrogen-bond acceptors (Lipinski definition) is 3. The molecule has 3 aromatic rings. The van der Waals surface area contributed by atoms with Crippen molar-refractivity contribution in [2.75, 3.05) is 18.5 Å². The monoisotopic (exact) mass is 439 g/mol. The maximum atomic E-state index is 13.2. The summed E-state index contributed by atoms with van der Waals surface area (Å²) in [6.07, 6.45) is 0. The summed E-state index contributed by atoms with van der Waals surface area (Å²) >= 11 is 6.55. The van der Waals surface area contributed by atoms with Gasteiger partial charge in [0, 0.05) is 23.2 Å². The number of amides is 2. The van der Waals surface area contributed by atoms with Crippen molar-refractivity contribution in [2.24, 2.45) is 0 Å². The van der Waals surface area contributed by atoms with Crippen LogP contribution in [-0.2, 0) is 0 Å². The molecule has 0 aliphatic rings. The van der Waals surface area contributed by atoms with Crippen molar-refractivity contribution >= 4 is 34.2 Å². The molecule has 0 aliphatic carbocycles. The van der Waals surface area contributed by atoms with Gasteiger partial charge in [-0.15, -0.1) is 0 Å². The van der Waals surface area contributed by atoms with Gasteiger partial charge >= 0.3 is 6.03 Å². The number of pyridine rings is 1. The van der Waals surface area contributed by atoms with Gasteiger partial charge in [-0.2, -0.15) is 0 Å². The van der Waals surface area contributed by atoms with E-state index in [1.807, 2.05) is 51.1 Å². The average molecular weight is 440 g/mol. The first-order valence-corrected chi connectivity index (χ1v) is 11.0. The van der Waals surface area contributed by atoms with Crippen molar-refractivity contribution in [2.45, 2.75) is 46.6 Å². The molecular weight excluding hydrogens is 410 g/mol.